The molecule has 0 aromatic rings. The van der Waals surface area contributed by atoms with Crippen molar-refractivity contribution >= 4 is 19.6 Å². The van der Waals surface area contributed by atoms with Crippen molar-refractivity contribution in [3.63, 3.8) is 0 Å². The summed E-state index contributed by atoms with van der Waals surface area (Å²) in [6.07, 6.45) is 0. The van der Waals surface area contributed by atoms with Crippen LogP contribution in [0.5, 0.6) is 0 Å². The fourth-order valence-electron chi connectivity index (χ4n) is 0.0102. The molecule has 1 nitrogen and oxygen atoms in total. The van der Waals surface area contributed by atoms with E-state index in [2.05, 4.69) is 0 Å². The van der Waals surface area contributed by atoms with Crippen LogP contribution >= 0.6 is 17.8 Å². The van der Waals surface area contributed by atoms with Gasteiger partial charge in [0, 0.05) is 0 Å². The summed E-state index contributed by atoms with van der Waals surface area (Å²) >= 11 is -1.41. The minimum absolute atomic E-state index is 0.0935. The molecular weight excluding hydrogens is 353 g/mol. The predicted molar refractivity (Wildman–Crippen MR) is 17.1 cm³/mol. The second-order valence-electron chi connectivity index (χ2n) is 0.369. The van der Waals surface area contributed by atoms with E-state index in [0.717, 1.165) is 0 Å². The predicted octanol–water partition coefficient (Wildman–Crippen LogP) is -4.41. The summed E-state index contributed by atoms with van der Waals surface area (Å²) < 4.78 is 0.0935. The standard InChI is InChI=1S/CCl2I2O/c2-4-1(6)5-3/q-2. The molecule has 0 bridgehead atoms. The van der Waals surface area contributed by atoms with Gasteiger partial charge in [0.15, 0.2) is 0 Å². The van der Waals surface area contributed by atoms with Gasteiger partial charge in [-0.2, -0.15) is 0 Å². The second-order valence-corrected chi connectivity index (χ2v) is 7.12. The van der Waals surface area contributed by atoms with Gasteiger partial charge in [-0.3, -0.25) is 0 Å². The van der Waals surface area contributed by atoms with Gasteiger partial charge >= 0.3 is 64.6 Å². The van der Waals surface area contributed by atoms with Crippen LogP contribution < -0.4 is 40.2 Å². The van der Waals surface area contributed by atoms with Crippen molar-refractivity contribution in [2.75, 3.05) is 0 Å². The summed E-state index contributed by atoms with van der Waals surface area (Å²) in [5.41, 5.74) is 0. The van der Waals surface area contributed by atoms with Gasteiger partial charge < -0.3 is 0 Å². The van der Waals surface area contributed by atoms with Crippen LogP contribution in [-0.2, 0) is 0 Å². The molecule has 0 amide bonds. The number of hydrogen-bond donors (Lipinski definition) is 0. The molecule has 0 aliphatic rings. The van der Waals surface area contributed by atoms with Crippen LogP contribution in [0.25, 0.3) is 0 Å². The van der Waals surface area contributed by atoms with Crippen LogP contribution in [0.4, 0.5) is 4.79 Å². The Morgan fingerprint density at radius 3 is 1.67 bits per heavy atom. The van der Waals surface area contributed by atoms with E-state index in [-0.39, 0.29) is 1.80 Å². The maximum absolute atomic E-state index is 10.0. The first-order valence-corrected chi connectivity index (χ1v) is 8.49. The average molecular weight is 353 g/mol. The Kier molecular flexibility index (Phi) is 6.24. The quantitative estimate of drug-likeness (QED) is 0.362. The van der Waals surface area contributed by atoms with Gasteiger partial charge in [0.2, 0.25) is 0 Å². The van der Waals surface area contributed by atoms with Gasteiger partial charge in [-0.05, 0) is 0 Å². The number of hydrogen-bond acceptors (Lipinski definition) is 1. The molecule has 40 valence electrons. The van der Waals surface area contributed by atoms with Gasteiger partial charge in [0.05, 0.1) is 0 Å². The topological polar surface area (TPSA) is 17.1 Å². The van der Waals surface area contributed by atoms with E-state index >= 15 is 0 Å². The van der Waals surface area contributed by atoms with Crippen molar-refractivity contribution in [3.8, 4) is 0 Å². The SMILES string of the molecule is O=C([I-]Cl)[I-]Cl. The van der Waals surface area contributed by atoms with E-state index in [0.29, 0.717) is 0 Å². The third kappa shape index (κ3) is 3.89. The summed E-state index contributed by atoms with van der Waals surface area (Å²) in [7, 11) is 10.3. The van der Waals surface area contributed by atoms with Crippen molar-refractivity contribution in [1.82, 2.24) is 0 Å². The third-order valence-corrected chi connectivity index (χ3v) is 8.46. The van der Waals surface area contributed by atoms with E-state index in [1.165, 1.54) is 0 Å². The molecule has 0 spiro atoms. The van der Waals surface area contributed by atoms with E-state index < -0.39 is 40.2 Å². The third-order valence-electron chi connectivity index (χ3n) is 0.112. The molecule has 0 heterocycles. The summed E-state index contributed by atoms with van der Waals surface area (Å²) in [4.78, 5) is 10.0. The first kappa shape index (κ1) is 7.71. The number of halogens is 4. The zero-order valence-electron chi connectivity index (χ0n) is 2.42. The Bertz CT molecular complexity index is 49.5. The Hall–Kier alpha value is 1.71. The Labute approximate surface area is 63.7 Å². The van der Waals surface area contributed by atoms with Gasteiger partial charge in [-0.25, -0.2) is 0 Å². The van der Waals surface area contributed by atoms with Crippen LogP contribution in [0.2, 0.25) is 0 Å². The molecule has 0 aromatic heterocycles. The fourth-order valence-corrected chi connectivity index (χ4v) is 4.13. The van der Waals surface area contributed by atoms with E-state index in [1.54, 1.807) is 0 Å². The molecule has 5 heteroatoms. The van der Waals surface area contributed by atoms with Crippen LogP contribution in [-0.4, -0.2) is 1.80 Å². The van der Waals surface area contributed by atoms with Gasteiger partial charge in [0.25, 0.3) is 0 Å². The van der Waals surface area contributed by atoms with Crippen molar-refractivity contribution < 1.29 is 44.9 Å². The van der Waals surface area contributed by atoms with E-state index in [9.17, 15) is 4.79 Å². The fraction of sp³-hybridized carbons (Fsp3) is 0. The molecule has 0 aliphatic carbocycles. The minimum atomic E-state index is -0.705. The molecule has 6 heavy (non-hydrogen) atoms. The van der Waals surface area contributed by atoms with Crippen molar-refractivity contribution in [3.05, 3.63) is 0 Å². The first-order valence-electron chi connectivity index (χ1n) is 0.868. The number of carbonyl (C=O) groups excluding carboxylic acids is 1. The van der Waals surface area contributed by atoms with Gasteiger partial charge in [-0.1, -0.05) is 0 Å². The summed E-state index contributed by atoms with van der Waals surface area (Å²) in [6, 6.07) is 0. The zero-order chi connectivity index (χ0) is 4.99. The van der Waals surface area contributed by atoms with Crippen LogP contribution in [0.15, 0.2) is 0 Å². The molecule has 0 aromatic carbocycles. The maximum atomic E-state index is 10.0. The Morgan fingerprint density at radius 1 is 1.33 bits per heavy atom. The van der Waals surface area contributed by atoms with Gasteiger partial charge in [0.1, 0.15) is 0 Å². The molecule has 0 saturated heterocycles. The molecule has 0 N–H and O–H groups in total. The molecular formula is CCl2I2O-2. The zero-order valence-corrected chi connectivity index (χ0v) is 8.25. The number of rotatable bonds is 2. The first-order chi connectivity index (χ1) is 2.81. The van der Waals surface area contributed by atoms with Crippen LogP contribution in [0.1, 0.15) is 0 Å². The summed E-state index contributed by atoms with van der Waals surface area (Å²) in [5.74, 6) is 0. The van der Waals surface area contributed by atoms with Crippen molar-refractivity contribution in [2.24, 2.45) is 0 Å². The second kappa shape index (κ2) is 4.86. The van der Waals surface area contributed by atoms with E-state index in [1.807, 2.05) is 0 Å². The summed E-state index contributed by atoms with van der Waals surface area (Å²) in [5, 5.41) is 0. The van der Waals surface area contributed by atoms with Crippen LogP contribution in [0.3, 0.4) is 0 Å². The molecule has 0 saturated carbocycles. The molecule has 0 rings (SSSR count). The number of carbonyl (C=O) groups is 1. The van der Waals surface area contributed by atoms with Crippen molar-refractivity contribution in [2.45, 2.75) is 0 Å². The monoisotopic (exact) mass is 352 g/mol. The molecule has 0 atom stereocenters. The normalized spacial score (nSPS) is 9.67. The summed E-state index contributed by atoms with van der Waals surface area (Å²) in [6.45, 7) is 0. The molecule has 0 radical (unpaired) electrons. The molecule has 0 fully saturated rings. The Morgan fingerprint density at radius 2 is 1.67 bits per heavy atom. The average Bonchev–Trinajstić information content (AvgIpc) is 1.65. The van der Waals surface area contributed by atoms with E-state index in [4.69, 9.17) is 17.8 Å². The molecule has 0 aliphatic heterocycles. The Balaban J connectivity index is 2.99. The van der Waals surface area contributed by atoms with Gasteiger partial charge in [-0.15, -0.1) is 0 Å². The van der Waals surface area contributed by atoms with Crippen molar-refractivity contribution in [1.29, 1.82) is 0 Å². The van der Waals surface area contributed by atoms with Crippen LogP contribution in [0, 0.1) is 0 Å². The molecule has 0 unspecified atom stereocenters.